The number of carbonyl (C=O) groups is 1. The fourth-order valence-corrected chi connectivity index (χ4v) is 5.28. The molecule has 0 radical (unpaired) electrons. The topological polar surface area (TPSA) is 70.5 Å². The van der Waals surface area contributed by atoms with Crippen molar-refractivity contribution in [3.63, 3.8) is 0 Å². The Hall–Kier alpha value is -3.19. The Morgan fingerprint density at radius 2 is 1.88 bits per heavy atom. The summed E-state index contributed by atoms with van der Waals surface area (Å²) < 4.78 is 1.53. The number of rotatable bonds is 5. The number of hydrogen-bond donors (Lipinski definition) is 1. The molecule has 2 bridgehead atoms. The minimum Gasteiger partial charge on any atom is -0.367 e. The summed E-state index contributed by atoms with van der Waals surface area (Å²) in [5.41, 5.74) is 3.46. The summed E-state index contributed by atoms with van der Waals surface area (Å²) in [5.74, 6) is 0.330. The molecule has 2 aromatic carbocycles. The molecule has 34 heavy (non-hydrogen) atoms. The quantitative estimate of drug-likeness (QED) is 0.635. The molecule has 3 aromatic rings. The summed E-state index contributed by atoms with van der Waals surface area (Å²) in [7, 11) is 0. The van der Waals surface area contributed by atoms with E-state index < -0.39 is 0 Å². The van der Waals surface area contributed by atoms with Gasteiger partial charge in [-0.3, -0.25) is 14.2 Å². The predicted octanol–water partition coefficient (Wildman–Crippen LogP) is 3.18. The molecule has 3 saturated heterocycles. The first kappa shape index (κ1) is 22.6. The first-order chi connectivity index (χ1) is 16.4. The number of nitrogens with one attached hydrogen (secondary N) is 1. The molecule has 6 rings (SSSR count). The van der Waals surface area contributed by atoms with Gasteiger partial charge >= 0.3 is 0 Å². The zero-order chi connectivity index (χ0) is 23.8. The highest BCUT2D eigenvalue weighted by Crippen LogP contribution is 2.29. The number of fused-ring (bicyclic) bond motifs is 5. The fourth-order valence-electron chi connectivity index (χ4n) is 5.28. The lowest BCUT2D eigenvalue weighted by Gasteiger charge is -2.33. The molecule has 0 unspecified atom stereocenters. The van der Waals surface area contributed by atoms with E-state index in [1.54, 1.807) is 0 Å². The van der Waals surface area contributed by atoms with Crippen molar-refractivity contribution >= 4 is 22.5 Å². The van der Waals surface area contributed by atoms with E-state index in [0.717, 1.165) is 55.8 Å². The molecule has 4 heterocycles. The minimum absolute atomic E-state index is 0.000321. The molecule has 1 N–H and O–H groups in total. The lowest BCUT2D eigenvalue weighted by molar-refractivity contribution is -0.122. The van der Waals surface area contributed by atoms with E-state index in [2.05, 4.69) is 21.2 Å². The van der Waals surface area contributed by atoms with E-state index in [0.29, 0.717) is 22.8 Å². The molecule has 7 heteroatoms. The maximum absolute atomic E-state index is 13.8. The molecule has 1 aromatic heterocycles. The molecule has 0 spiro atoms. The van der Waals surface area contributed by atoms with Crippen LogP contribution >= 0.6 is 0 Å². The Kier molecular flexibility index (Phi) is 6.13. The molecule has 0 atom stereocenters. The van der Waals surface area contributed by atoms with E-state index in [9.17, 15) is 9.59 Å². The molecule has 178 valence electrons. The summed E-state index contributed by atoms with van der Waals surface area (Å²) in [5, 5.41) is 3.47. The van der Waals surface area contributed by atoms with Crippen molar-refractivity contribution in [1.29, 1.82) is 0 Å². The monoisotopic (exact) mass is 459 g/mol. The van der Waals surface area contributed by atoms with Crippen LogP contribution in [0.3, 0.4) is 0 Å². The molecular formula is C27H33N5O2. The van der Waals surface area contributed by atoms with Gasteiger partial charge in [0.15, 0.2) is 0 Å². The molecule has 7 nitrogen and oxygen atoms in total. The average molecular weight is 460 g/mol. The van der Waals surface area contributed by atoms with Crippen LogP contribution in [-0.4, -0.2) is 58.6 Å². The van der Waals surface area contributed by atoms with Crippen LogP contribution in [0, 0.1) is 6.92 Å². The Morgan fingerprint density at radius 1 is 1.09 bits per heavy atom. The Bertz CT molecular complexity index is 1270. The van der Waals surface area contributed by atoms with Crippen LogP contribution in [0.2, 0.25) is 0 Å². The van der Waals surface area contributed by atoms with Gasteiger partial charge in [-0.1, -0.05) is 23.8 Å². The standard InChI is InChI=1S/C27H33N5O2/c1-18(2)28-25(33)17-32-26(20-6-4-5-19(3)15-20)29-24-8-7-22(16-23(24)27(32)34)31-14-13-30-11-9-21(31)10-12-30/h4-8,15-16,18,21H,9-14,17H2,1-3H3,(H,28,33). The second kappa shape index (κ2) is 9.22. The third-order valence-corrected chi connectivity index (χ3v) is 6.95. The Labute approximate surface area is 200 Å². The second-order valence-corrected chi connectivity index (χ2v) is 9.89. The van der Waals surface area contributed by atoms with Crippen molar-refractivity contribution in [3.8, 4) is 11.4 Å². The van der Waals surface area contributed by atoms with Gasteiger partial charge in [-0.15, -0.1) is 0 Å². The van der Waals surface area contributed by atoms with E-state index in [-0.39, 0.29) is 24.1 Å². The molecule has 0 aliphatic carbocycles. The van der Waals surface area contributed by atoms with Crippen LogP contribution in [0.25, 0.3) is 22.3 Å². The highest BCUT2D eigenvalue weighted by Gasteiger charge is 2.29. The number of carbonyl (C=O) groups excluding carboxylic acids is 1. The molecule has 1 amide bonds. The van der Waals surface area contributed by atoms with Gasteiger partial charge in [-0.25, -0.2) is 4.98 Å². The average Bonchev–Trinajstić information content (AvgIpc) is 3.14. The number of aromatic nitrogens is 2. The highest BCUT2D eigenvalue weighted by atomic mass is 16.2. The van der Waals surface area contributed by atoms with Crippen molar-refractivity contribution in [2.45, 2.75) is 52.2 Å². The summed E-state index contributed by atoms with van der Waals surface area (Å²) in [6.07, 6.45) is 2.31. The second-order valence-electron chi connectivity index (χ2n) is 9.89. The lowest BCUT2D eigenvalue weighted by Crippen LogP contribution is -2.38. The minimum atomic E-state index is -0.193. The number of piperidine rings is 1. The van der Waals surface area contributed by atoms with Crippen molar-refractivity contribution in [1.82, 2.24) is 19.8 Å². The number of amides is 1. The van der Waals surface area contributed by atoms with Crippen molar-refractivity contribution < 1.29 is 4.79 Å². The van der Waals surface area contributed by atoms with Crippen molar-refractivity contribution in [2.75, 3.05) is 31.1 Å². The first-order valence-corrected chi connectivity index (χ1v) is 12.3. The van der Waals surface area contributed by atoms with E-state index >= 15 is 0 Å². The SMILES string of the molecule is Cc1cccc(-c2nc3ccc(N4CCN5CCC4CC5)cc3c(=O)n2CC(=O)NC(C)C)c1. The summed E-state index contributed by atoms with van der Waals surface area (Å²) >= 11 is 0. The largest absolute Gasteiger partial charge is 0.367 e. The van der Waals surface area contributed by atoms with Crippen molar-refractivity contribution in [3.05, 3.63) is 58.4 Å². The zero-order valence-corrected chi connectivity index (χ0v) is 20.3. The summed E-state index contributed by atoms with van der Waals surface area (Å²) in [6, 6.07) is 14.4. The van der Waals surface area contributed by atoms with Crippen LogP contribution < -0.4 is 15.8 Å². The van der Waals surface area contributed by atoms with E-state index in [1.807, 2.05) is 57.2 Å². The van der Waals surface area contributed by atoms with Gasteiger partial charge in [0.05, 0.1) is 10.9 Å². The number of benzene rings is 2. The normalized spacial score (nSPS) is 20.1. The predicted molar refractivity (Wildman–Crippen MR) is 136 cm³/mol. The van der Waals surface area contributed by atoms with Gasteiger partial charge in [-0.2, -0.15) is 0 Å². The van der Waals surface area contributed by atoms with E-state index in [1.165, 1.54) is 4.57 Å². The van der Waals surface area contributed by atoms with Gasteiger partial charge in [0.25, 0.3) is 5.56 Å². The molecule has 3 fully saturated rings. The summed E-state index contributed by atoms with van der Waals surface area (Å²) in [4.78, 5) is 36.4. The number of hydrogen-bond acceptors (Lipinski definition) is 5. The molecule has 3 aliphatic rings. The summed E-state index contributed by atoms with van der Waals surface area (Å²) in [6.45, 7) is 10.1. The van der Waals surface area contributed by atoms with Crippen LogP contribution in [0.1, 0.15) is 32.3 Å². The van der Waals surface area contributed by atoms with Crippen LogP contribution in [0.4, 0.5) is 5.69 Å². The maximum atomic E-state index is 13.8. The molecule has 3 aliphatic heterocycles. The van der Waals surface area contributed by atoms with Crippen LogP contribution in [0.5, 0.6) is 0 Å². The van der Waals surface area contributed by atoms with Crippen LogP contribution in [0.15, 0.2) is 47.3 Å². The third-order valence-electron chi connectivity index (χ3n) is 6.95. The number of nitrogens with zero attached hydrogens (tertiary/aromatic N) is 4. The third kappa shape index (κ3) is 4.44. The fraction of sp³-hybridized carbons (Fsp3) is 0.444. The highest BCUT2D eigenvalue weighted by molar-refractivity contribution is 5.85. The van der Waals surface area contributed by atoms with Gasteiger partial charge in [-0.05, 0) is 57.9 Å². The van der Waals surface area contributed by atoms with Gasteiger partial charge in [0.1, 0.15) is 12.4 Å². The van der Waals surface area contributed by atoms with Gasteiger partial charge in [0, 0.05) is 49.5 Å². The maximum Gasteiger partial charge on any atom is 0.262 e. The Balaban J connectivity index is 1.62. The van der Waals surface area contributed by atoms with E-state index in [4.69, 9.17) is 4.98 Å². The lowest BCUT2D eigenvalue weighted by atomic mass is 10.0. The molecular weight excluding hydrogens is 426 g/mol. The van der Waals surface area contributed by atoms with Crippen molar-refractivity contribution in [2.24, 2.45) is 0 Å². The zero-order valence-electron chi connectivity index (χ0n) is 20.3. The van der Waals surface area contributed by atoms with Gasteiger partial charge < -0.3 is 15.1 Å². The smallest absolute Gasteiger partial charge is 0.262 e. The van der Waals surface area contributed by atoms with Crippen LogP contribution in [-0.2, 0) is 11.3 Å². The number of anilines is 1. The molecule has 0 saturated carbocycles. The van der Waals surface area contributed by atoms with Gasteiger partial charge in [0.2, 0.25) is 5.91 Å². The Morgan fingerprint density at radius 3 is 2.62 bits per heavy atom. The first-order valence-electron chi connectivity index (χ1n) is 12.3. The number of aryl methyl sites for hydroxylation is 1.